The van der Waals surface area contributed by atoms with Gasteiger partial charge in [0.1, 0.15) is 5.82 Å². The fourth-order valence-corrected chi connectivity index (χ4v) is 3.44. The number of likely N-dealkylation sites (tertiary alicyclic amines) is 1. The van der Waals surface area contributed by atoms with Crippen molar-refractivity contribution in [1.82, 2.24) is 5.32 Å². The molecule has 30 heavy (non-hydrogen) atoms. The Morgan fingerprint density at radius 3 is 2.17 bits per heavy atom. The molecule has 0 aromatic heterocycles. The number of piperidine rings is 1. The minimum absolute atomic E-state index is 0.0159. The Morgan fingerprint density at radius 1 is 0.867 bits per heavy atom. The second-order valence-corrected chi connectivity index (χ2v) is 7.39. The lowest BCUT2D eigenvalue weighted by molar-refractivity contribution is -0.897. The summed E-state index contributed by atoms with van der Waals surface area (Å²) in [4.78, 5) is 37.5. The largest absolute Gasteiger partial charge is 0.342 e. The number of anilines is 2. The van der Waals surface area contributed by atoms with Crippen LogP contribution in [0.1, 0.15) is 12.8 Å². The summed E-state index contributed by atoms with van der Waals surface area (Å²) in [6, 6.07) is 14.8. The second kappa shape index (κ2) is 10.5. The van der Waals surface area contributed by atoms with E-state index in [2.05, 4.69) is 16.0 Å². The van der Waals surface area contributed by atoms with Crippen LogP contribution in [-0.4, -0.2) is 43.9 Å². The average Bonchev–Trinajstić information content (AvgIpc) is 2.75. The number of carbonyl (C=O) groups excluding carboxylic acids is 3. The highest BCUT2D eigenvalue weighted by Crippen LogP contribution is 2.14. The lowest BCUT2D eigenvalue weighted by Gasteiger charge is -2.28. The van der Waals surface area contributed by atoms with E-state index in [1.165, 1.54) is 24.3 Å². The summed E-state index contributed by atoms with van der Waals surface area (Å²) in [5.74, 6) is -1.01. The Balaban J connectivity index is 1.34. The van der Waals surface area contributed by atoms with Gasteiger partial charge in [-0.2, -0.15) is 0 Å². The molecule has 3 amide bonds. The van der Waals surface area contributed by atoms with E-state index in [1.807, 2.05) is 30.3 Å². The number of halogens is 1. The third kappa shape index (κ3) is 6.66. The molecular weight excluding hydrogens is 387 g/mol. The van der Waals surface area contributed by atoms with Crippen LogP contribution in [0, 0.1) is 11.7 Å². The predicted octanol–water partition coefficient (Wildman–Crippen LogP) is 0.814. The highest BCUT2D eigenvalue weighted by atomic mass is 19.1. The quantitative estimate of drug-likeness (QED) is 0.542. The Kier molecular flexibility index (Phi) is 7.51. The molecule has 3 rings (SSSR count). The monoisotopic (exact) mass is 413 g/mol. The molecular formula is C22H26FN4O3+. The number of hydrogen-bond donors (Lipinski definition) is 4. The molecule has 1 fully saturated rings. The molecule has 158 valence electrons. The van der Waals surface area contributed by atoms with Gasteiger partial charge in [0.05, 0.1) is 19.6 Å². The first-order chi connectivity index (χ1) is 14.5. The number of rotatable bonds is 7. The van der Waals surface area contributed by atoms with Crippen LogP contribution in [0.2, 0.25) is 0 Å². The van der Waals surface area contributed by atoms with E-state index in [1.54, 1.807) is 0 Å². The van der Waals surface area contributed by atoms with E-state index in [-0.39, 0.29) is 42.5 Å². The van der Waals surface area contributed by atoms with Gasteiger partial charge in [-0.3, -0.25) is 14.4 Å². The van der Waals surface area contributed by atoms with Crippen LogP contribution < -0.4 is 20.9 Å². The smallest absolute Gasteiger partial charge is 0.275 e. The maximum atomic E-state index is 12.9. The number of amides is 3. The Morgan fingerprint density at radius 2 is 1.50 bits per heavy atom. The van der Waals surface area contributed by atoms with Gasteiger partial charge in [-0.15, -0.1) is 0 Å². The van der Waals surface area contributed by atoms with Crippen LogP contribution in [-0.2, 0) is 14.4 Å². The highest BCUT2D eigenvalue weighted by Gasteiger charge is 2.28. The van der Waals surface area contributed by atoms with Crippen molar-refractivity contribution in [3.8, 4) is 0 Å². The van der Waals surface area contributed by atoms with Crippen molar-refractivity contribution in [1.29, 1.82) is 0 Å². The van der Waals surface area contributed by atoms with E-state index >= 15 is 0 Å². The Bertz CT molecular complexity index is 866. The first-order valence-corrected chi connectivity index (χ1v) is 10.0. The van der Waals surface area contributed by atoms with Gasteiger partial charge in [-0.05, 0) is 36.4 Å². The maximum Gasteiger partial charge on any atom is 0.275 e. The first-order valence-electron chi connectivity index (χ1n) is 10.0. The van der Waals surface area contributed by atoms with Crippen molar-refractivity contribution in [3.63, 3.8) is 0 Å². The summed E-state index contributed by atoms with van der Waals surface area (Å²) >= 11 is 0. The van der Waals surface area contributed by atoms with E-state index in [9.17, 15) is 18.8 Å². The van der Waals surface area contributed by atoms with Gasteiger partial charge >= 0.3 is 0 Å². The molecule has 1 aliphatic heterocycles. The summed E-state index contributed by atoms with van der Waals surface area (Å²) in [7, 11) is 0. The molecule has 2 aromatic carbocycles. The Labute approximate surface area is 174 Å². The number of hydrogen-bond acceptors (Lipinski definition) is 3. The topological polar surface area (TPSA) is 91.7 Å². The molecule has 0 aliphatic carbocycles. The maximum absolute atomic E-state index is 12.9. The molecule has 0 bridgehead atoms. The molecule has 0 radical (unpaired) electrons. The minimum atomic E-state index is -0.384. The normalized spacial score (nSPS) is 18.3. The number of quaternary nitrogens is 1. The fraction of sp³-hybridized carbons (Fsp3) is 0.318. The molecule has 1 saturated heterocycles. The van der Waals surface area contributed by atoms with Crippen molar-refractivity contribution in [2.24, 2.45) is 5.92 Å². The molecule has 0 atom stereocenters. The average molecular weight is 413 g/mol. The molecule has 2 aromatic rings. The third-order valence-corrected chi connectivity index (χ3v) is 5.09. The predicted molar refractivity (Wildman–Crippen MR) is 111 cm³/mol. The summed E-state index contributed by atoms with van der Waals surface area (Å²) < 4.78 is 12.9. The van der Waals surface area contributed by atoms with E-state index in [0.717, 1.165) is 23.7 Å². The van der Waals surface area contributed by atoms with Gasteiger partial charge in [0, 0.05) is 30.1 Å². The SMILES string of the molecule is O=C(C[NH+]1CCC(C(=O)Nc2ccccc2)CC1)NCC(=O)Nc1ccc(F)cc1. The van der Waals surface area contributed by atoms with Crippen molar-refractivity contribution < 1.29 is 23.7 Å². The highest BCUT2D eigenvalue weighted by molar-refractivity contribution is 5.94. The van der Waals surface area contributed by atoms with Crippen LogP contribution in [0.3, 0.4) is 0 Å². The fourth-order valence-electron chi connectivity index (χ4n) is 3.44. The number of para-hydroxylation sites is 1. The zero-order valence-electron chi connectivity index (χ0n) is 16.6. The van der Waals surface area contributed by atoms with Gasteiger partial charge < -0.3 is 20.9 Å². The van der Waals surface area contributed by atoms with Crippen LogP contribution in [0.5, 0.6) is 0 Å². The summed E-state index contributed by atoms with van der Waals surface area (Å²) in [6.07, 6.45) is 1.43. The van der Waals surface area contributed by atoms with Crippen LogP contribution in [0.25, 0.3) is 0 Å². The molecule has 0 spiro atoms. The number of benzene rings is 2. The lowest BCUT2D eigenvalue weighted by atomic mass is 9.96. The van der Waals surface area contributed by atoms with Gasteiger partial charge in [0.15, 0.2) is 6.54 Å². The third-order valence-electron chi connectivity index (χ3n) is 5.09. The number of nitrogens with one attached hydrogen (secondary N) is 4. The van der Waals surface area contributed by atoms with Crippen LogP contribution in [0.4, 0.5) is 15.8 Å². The summed E-state index contributed by atoms with van der Waals surface area (Å²) in [5, 5.41) is 8.13. The van der Waals surface area contributed by atoms with E-state index in [0.29, 0.717) is 18.5 Å². The lowest BCUT2D eigenvalue weighted by Crippen LogP contribution is -3.14. The van der Waals surface area contributed by atoms with Crippen LogP contribution in [0.15, 0.2) is 54.6 Å². The van der Waals surface area contributed by atoms with Gasteiger partial charge in [0.2, 0.25) is 11.8 Å². The summed E-state index contributed by atoms with van der Waals surface area (Å²) in [5.41, 5.74) is 1.26. The molecule has 0 saturated carbocycles. The van der Waals surface area contributed by atoms with Crippen LogP contribution >= 0.6 is 0 Å². The molecule has 4 N–H and O–H groups in total. The molecule has 1 aliphatic rings. The standard InChI is InChI=1S/C22H25FN4O3/c23-17-6-8-19(9-7-17)25-20(28)14-24-21(29)15-27-12-10-16(11-13-27)22(30)26-18-4-2-1-3-5-18/h1-9,16H,10-15H2,(H,24,29)(H,25,28)(H,26,30)/p+1. The number of carbonyl (C=O) groups is 3. The molecule has 7 nitrogen and oxygen atoms in total. The van der Waals surface area contributed by atoms with E-state index < -0.39 is 0 Å². The summed E-state index contributed by atoms with van der Waals surface area (Å²) in [6.45, 7) is 1.56. The first kappa shape index (κ1) is 21.4. The molecule has 8 heteroatoms. The van der Waals surface area contributed by atoms with Crippen molar-refractivity contribution in [2.75, 3.05) is 36.8 Å². The van der Waals surface area contributed by atoms with Crippen molar-refractivity contribution in [2.45, 2.75) is 12.8 Å². The van der Waals surface area contributed by atoms with Crippen molar-refractivity contribution >= 4 is 29.1 Å². The van der Waals surface area contributed by atoms with E-state index in [4.69, 9.17) is 0 Å². The molecule has 0 unspecified atom stereocenters. The van der Waals surface area contributed by atoms with Crippen molar-refractivity contribution in [3.05, 3.63) is 60.4 Å². The van der Waals surface area contributed by atoms with Gasteiger partial charge in [-0.1, -0.05) is 18.2 Å². The van der Waals surface area contributed by atoms with Gasteiger partial charge in [-0.25, -0.2) is 4.39 Å². The van der Waals surface area contributed by atoms with Gasteiger partial charge in [0.25, 0.3) is 5.91 Å². The zero-order valence-corrected chi connectivity index (χ0v) is 16.6. The zero-order chi connectivity index (χ0) is 21.3. The second-order valence-electron chi connectivity index (χ2n) is 7.39. The Hall–Kier alpha value is -3.26. The molecule has 1 heterocycles. The minimum Gasteiger partial charge on any atom is -0.342 e.